The molecule has 0 bridgehead atoms. The molecule has 1 amide bonds. The summed E-state index contributed by atoms with van der Waals surface area (Å²) in [6, 6.07) is 10.6. The number of nitrogens with zero attached hydrogens (tertiary/aromatic N) is 1. The second-order valence-corrected chi connectivity index (χ2v) is 9.25. The molecule has 0 saturated carbocycles. The van der Waals surface area contributed by atoms with Crippen LogP contribution in [0.4, 0.5) is 11.4 Å². The number of hydrogen-bond acceptors (Lipinski definition) is 4. The van der Waals surface area contributed by atoms with E-state index in [1.54, 1.807) is 24.3 Å². The van der Waals surface area contributed by atoms with Gasteiger partial charge in [0.25, 0.3) is 0 Å². The topological polar surface area (TPSA) is 78.5 Å². The fourth-order valence-corrected chi connectivity index (χ4v) is 5.08. The molecule has 0 aromatic heterocycles. The van der Waals surface area contributed by atoms with Crippen molar-refractivity contribution in [2.45, 2.75) is 38.5 Å². The molecule has 7 heteroatoms. The van der Waals surface area contributed by atoms with Crippen LogP contribution in [0.5, 0.6) is 0 Å². The summed E-state index contributed by atoms with van der Waals surface area (Å²) >= 11 is 0. The number of amides is 1. The lowest BCUT2D eigenvalue weighted by atomic mass is 10.1. The number of sulfonamides is 1. The Labute approximate surface area is 167 Å². The van der Waals surface area contributed by atoms with Crippen molar-refractivity contribution >= 4 is 27.3 Å². The first-order chi connectivity index (χ1) is 13.3. The van der Waals surface area contributed by atoms with Gasteiger partial charge >= 0.3 is 0 Å². The molecule has 2 aromatic rings. The van der Waals surface area contributed by atoms with Gasteiger partial charge in [-0.3, -0.25) is 4.79 Å². The number of anilines is 2. The van der Waals surface area contributed by atoms with Crippen LogP contribution in [0.1, 0.15) is 29.5 Å². The van der Waals surface area contributed by atoms with Gasteiger partial charge in [0.1, 0.15) is 0 Å². The fourth-order valence-electron chi connectivity index (χ4n) is 3.57. The molecule has 1 aliphatic heterocycles. The van der Waals surface area contributed by atoms with Gasteiger partial charge in [-0.05, 0) is 69.0 Å². The molecule has 0 aliphatic carbocycles. The second kappa shape index (κ2) is 8.32. The van der Waals surface area contributed by atoms with Gasteiger partial charge in [0, 0.05) is 24.5 Å². The fraction of sp³-hybridized carbons (Fsp3) is 0.381. The van der Waals surface area contributed by atoms with Gasteiger partial charge in [0.05, 0.1) is 11.4 Å². The third-order valence-electron chi connectivity index (χ3n) is 4.95. The summed E-state index contributed by atoms with van der Waals surface area (Å²) in [6.07, 6.45) is 1.82. The molecule has 28 heavy (non-hydrogen) atoms. The largest absolute Gasteiger partial charge is 0.376 e. The third-order valence-corrected chi connectivity index (χ3v) is 6.86. The molecular weight excluding hydrogens is 374 g/mol. The molecular formula is C21H27N3O3S. The van der Waals surface area contributed by atoms with Crippen LogP contribution in [-0.2, 0) is 14.8 Å². The molecule has 6 nitrogen and oxygen atoms in total. The molecule has 3 rings (SSSR count). The van der Waals surface area contributed by atoms with Crippen molar-refractivity contribution in [1.29, 1.82) is 0 Å². The smallest absolute Gasteiger partial charge is 0.243 e. The molecule has 0 atom stereocenters. The molecule has 0 unspecified atom stereocenters. The molecule has 1 saturated heterocycles. The van der Waals surface area contributed by atoms with E-state index in [2.05, 4.69) is 10.6 Å². The highest BCUT2D eigenvalue weighted by molar-refractivity contribution is 7.89. The molecule has 150 valence electrons. The lowest BCUT2D eigenvalue weighted by Crippen LogP contribution is -2.27. The molecule has 0 radical (unpaired) electrons. The Kier molecular flexibility index (Phi) is 6.05. The van der Waals surface area contributed by atoms with Crippen molar-refractivity contribution in [3.8, 4) is 0 Å². The number of benzene rings is 2. The van der Waals surface area contributed by atoms with Crippen molar-refractivity contribution in [1.82, 2.24) is 4.31 Å². The number of aryl methyl sites for hydroxylation is 3. The Bertz CT molecular complexity index is 940. The van der Waals surface area contributed by atoms with Crippen LogP contribution in [-0.4, -0.2) is 38.3 Å². The van der Waals surface area contributed by atoms with Gasteiger partial charge in [0.15, 0.2) is 0 Å². The number of carbonyl (C=O) groups excluding carboxylic acids is 1. The summed E-state index contributed by atoms with van der Waals surface area (Å²) in [6.45, 7) is 7.25. The van der Waals surface area contributed by atoms with E-state index >= 15 is 0 Å². The van der Waals surface area contributed by atoms with Crippen LogP contribution in [0.15, 0.2) is 41.3 Å². The van der Waals surface area contributed by atoms with E-state index in [1.165, 1.54) is 4.31 Å². The van der Waals surface area contributed by atoms with E-state index in [1.807, 2.05) is 32.9 Å². The highest BCUT2D eigenvalue weighted by Gasteiger charge is 2.26. The van der Waals surface area contributed by atoms with Crippen LogP contribution >= 0.6 is 0 Å². The normalized spacial score (nSPS) is 14.8. The lowest BCUT2D eigenvalue weighted by molar-refractivity contribution is -0.114. The zero-order valence-electron chi connectivity index (χ0n) is 16.6. The standard InChI is InChI=1S/C21H27N3O3S/c1-15-12-16(2)21(17(3)13-15)23-20(25)14-22-18-6-8-19(9-7-18)28(26,27)24-10-4-5-11-24/h6-9,12-13,22H,4-5,10-11,14H2,1-3H3,(H,23,25). The summed E-state index contributed by atoms with van der Waals surface area (Å²) in [5.74, 6) is -0.149. The van der Waals surface area contributed by atoms with Crippen LogP contribution < -0.4 is 10.6 Å². The maximum atomic E-state index is 12.5. The zero-order chi connectivity index (χ0) is 20.3. The second-order valence-electron chi connectivity index (χ2n) is 7.31. The van der Waals surface area contributed by atoms with E-state index in [0.717, 1.165) is 35.2 Å². The van der Waals surface area contributed by atoms with Gasteiger partial charge in [-0.25, -0.2) is 8.42 Å². The summed E-state index contributed by atoms with van der Waals surface area (Å²) in [4.78, 5) is 12.6. The Balaban J connectivity index is 1.60. The summed E-state index contributed by atoms with van der Waals surface area (Å²) in [5.41, 5.74) is 4.76. The van der Waals surface area contributed by atoms with E-state index in [9.17, 15) is 13.2 Å². The van der Waals surface area contributed by atoms with Gasteiger partial charge < -0.3 is 10.6 Å². The predicted octanol–water partition coefficient (Wildman–Crippen LogP) is 3.45. The molecule has 1 fully saturated rings. The minimum Gasteiger partial charge on any atom is -0.376 e. The molecule has 1 heterocycles. The van der Waals surface area contributed by atoms with Crippen molar-refractivity contribution in [3.05, 3.63) is 53.1 Å². The van der Waals surface area contributed by atoms with Gasteiger partial charge in [-0.1, -0.05) is 17.7 Å². The number of carbonyl (C=O) groups is 1. The van der Waals surface area contributed by atoms with Crippen molar-refractivity contribution in [2.75, 3.05) is 30.3 Å². The molecule has 2 N–H and O–H groups in total. The maximum absolute atomic E-state index is 12.5. The molecule has 2 aromatic carbocycles. The average molecular weight is 402 g/mol. The summed E-state index contributed by atoms with van der Waals surface area (Å²) < 4.78 is 26.6. The minimum absolute atomic E-state index is 0.102. The van der Waals surface area contributed by atoms with Crippen LogP contribution in [0.3, 0.4) is 0 Å². The van der Waals surface area contributed by atoms with E-state index in [0.29, 0.717) is 18.8 Å². The first-order valence-corrected chi connectivity index (χ1v) is 10.9. The number of rotatable bonds is 6. The third kappa shape index (κ3) is 4.54. The summed E-state index contributed by atoms with van der Waals surface area (Å²) in [5, 5.41) is 5.99. The highest BCUT2D eigenvalue weighted by atomic mass is 32.2. The van der Waals surface area contributed by atoms with E-state index < -0.39 is 10.0 Å². The highest BCUT2D eigenvalue weighted by Crippen LogP contribution is 2.23. The SMILES string of the molecule is Cc1cc(C)c(NC(=O)CNc2ccc(S(=O)(=O)N3CCCC3)cc2)c(C)c1. The first-order valence-electron chi connectivity index (χ1n) is 9.49. The molecule has 0 spiro atoms. The van der Waals surface area contributed by atoms with Crippen LogP contribution in [0.25, 0.3) is 0 Å². The Morgan fingerprint density at radius 1 is 1.00 bits per heavy atom. The quantitative estimate of drug-likeness (QED) is 0.777. The van der Waals surface area contributed by atoms with Gasteiger partial charge in [-0.2, -0.15) is 4.31 Å². The number of hydrogen-bond donors (Lipinski definition) is 2. The van der Waals surface area contributed by atoms with Gasteiger partial charge in [0.2, 0.25) is 15.9 Å². The van der Waals surface area contributed by atoms with Crippen molar-refractivity contribution in [2.24, 2.45) is 0 Å². The van der Waals surface area contributed by atoms with Crippen LogP contribution in [0.2, 0.25) is 0 Å². The van der Waals surface area contributed by atoms with Crippen LogP contribution in [0, 0.1) is 20.8 Å². The van der Waals surface area contributed by atoms with E-state index in [-0.39, 0.29) is 17.3 Å². The molecule has 1 aliphatic rings. The summed E-state index contributed by atoms with van der Waals surface area (Å²) in [7, 11) is -3.41. The average Bonchev–Trinajstić information content (AvgIpc) is 3.19. The Hall–Kier alpha value is -2.38. The van der Waals surface area contributed by atoms with Crippen molar-refractivity contribution < 1.29 is 13.2 Å². The Morgan fingerprint density at radius 3 is 2.14 bits per heavy atom. The lowest BCUT2D eigenvalue weighted by Gasteiger charge is -2.16. The van der Waals surface area contributed by atoms with E-state index in [4.69, 9.17) is 0 Å². The Morgan fingerprint density at radius 2 is 1.57 bits per heavy atom. The minimum atomic E-state index is -3.41. The van der Waals surface area contributed by atoms with Gasteiger partial charge in [-0.15, -0.1) is 0 Å². The van der Waals surface area contributed by atoms with Crippen molar-refractivity contribution in [3.63, 3.8) is 0 Å². The zero-order valence-corrected chi connectivity index (χ0v) is 17.4. The first kappa shape index (κ1) is 20.4. The monoisotopic (exact) mass is 401 g/mol. The predicted molar refractivity (Wildman–Crippen MR) is 112 cm³/mol. The maximum Gasteiger partial charge on any atom is 0.243 e. The number of nitrogens with one attached hydrogen (secondary N) is 2.